The third kappa shape index (κ3) is 10.8. The second kappa shape index (κ2) is 14.4. The van der Waals surface area contributed by atoms with Crippen LogP contribution in [0.2, 0.25) is 0 Å². The van der Waals surface area contributed by atoms with Crippen LogP contribution in [0.3, 0.4) is 0 Å². The van der Waals surface area contributed by atoms with E-state index in [-0.39, 0.29) is 37.5 Å². The molecule has 1 aromatic rings. The number of ketones is 1. The fourth-order valence-corrected chi connectivity index (χ4v) is 1.99. The van der Waals surface area contributed by atoms with Crippen LogP contribution in [-0.2, 0) is 25.6 Å². The van der Waals surface area contributed by atoms with Gasteiger partial charge < -0.3 is 21.7 Å². The molecule has 0 heterocycles. The lowest BCUT2D eigenvalue weighted by molar-refractivity contribution is -0.130. The summed E-state index contributed by atoms with van der Waals surface area (Å²) >= 11 is 0. The minimum Gasteiger partial charge on any atom is -0.347 e. The molecule has 0 spiro atoms. The van der Waals surface area contributed by atoms with E-state index in [4.69, 9.17) is 5.73 Å². The van der Waals surface area contributed by atoms with Gasteiger partial charge in [-0.25, -0.2) is 0 Å². The average molecular weight is 387 g/mol. The molecule has 0 unspecified atom stereocenters. The molecule has 0 bridgehead atoms. The summed E-state index contributed by atoms with van der Waals surface area (Å²) in [7, 11) is 0. The minimum absolute atomic E-state index is 0. The van der Waals surface area contributed by atoms with Crippen LogP contribution in [-0.4, -0.2) is 49.2 Å². The van der Waals surface area contributed by atoms with Crippen LogP contribution >= 0.6 is 0 Å². The van der Waals surface area contributed by atoms with E-state index in [2.05, 4.69) is 16.0 Å². The van der Waals surface area contributed by atoms with E-state index in [1.54, 1.807) is 6.92 Å². The van der Waals surface area contributed by atoms with Crippen LogP contribution in [0.15, 0.2) is 30.3 Å². The van der Waals surface area contributed by atoms with Gasteiger partial charge in [-0.05, 0) is 5.56 Å². The van der Waals surface area contributed by atoms with Crippen molar-refractivity contribution in [3.63, 3.8) is 0 Å². The van der Waals surface area contributed by atoms with Crippen molar-refractivity contribution in [2.75, 3.05) is 19.6 Å². The number of benzene rings is 1. The van der Waals surface area contributed by atoms with Gasteiger partial charge >= 0.3 is 0 Å². The van der Waals surface area contributed by atoms with Gasteiger partial charge in [0.1, 0.15) is 6.04 Å². The highest BCUT2D eigenvalue weighted by Crippen LogP contribution is 2.03. The van der Waals surface area contributed by atoms with Crippen molar-refractivity contribution in [3.8, 4) is 0 Å². The number of nitrogens with two attached hydrogens (primary N) is 1. The quantitative estimate of drug-likeness (QED) is 0.474. The summed E-state index contributed by atoms with van der Waals surface area (Å²) in [5.41, 5.74) is 6.01. The number of Topliss-reactive ketones (excluding diaryl/α,β-unsaturated/α-hetero) is 1. The van der Waals surface area contributed by atoms with E-state index >= 15 is 0 Å². The van der Waals surface area contributed by atoms with Gasteiger partial charge in [0.25, 0.3) is 0 Å². The first-order chi connectivity index (χ1) is 13.0. The van der Waals surface area contributed by atoms with E-state index in [0.29, 0.717) is 6.42 Å². The Morgan fingerprint density at radius 1 is 1.00 bits per heavy atom. The molecule has 0 aliphatic rings. The van der Waals surface area contributed by atoms with Gasteiger partial charge in [-0.15, -0.1) is 0 Å². The highest BCUT2D eigenvalue weighted by molar-refractivity contribution is 5.92. The first-order valence-corrected chi connectivity index (χ1v) is 9.05. The van der Waals surface area contributed by atoms with Gasteiger partial charge in [0.15, 0.2) is 5.78 Å². The van der Waals surface area contributed by atoms with Gasteiger partial charge in [0.2, 0.25) is 17.7 Å². The Kier molecular flexibility index (Phi) is 13.0. The molecular formula is C19H38N4O4. The molecule has 0 aromatic heterocycles. The Morgan fingerprint density at radius 2 is 1.63 bits per heavy atom. The van der Waals surface area contributed by atoms with Crippen LogP contribution < -0.4 is 21.7 Å². The highest BCUT2D eigenvalue weighted by Gasteiger charge is 2.21. The zero-order valence-corrected chi connectivity index (χ0v) is 16.2. The topological polar surface area (TPSA) is 130 Å². The summed E-state index contributed by atoms with van der Waals surface area (Å²) in [4.78, 5) is 46.7. The third-order valence-electron chi connectivity index (χ3n) is 3.42. The largest absolute Gasteiger partial charge is 0.347 e. The molecule has 0 radical (unpaired) electrons. The second-order valence-corrected chi connectivity index (χ2v) is 5.40. The molecule has 1 aromatic carbocycles. The summed E-state index contributed by atoms with van der Waals surface area (Å²) in [6.45, 7) is 5.13. The summed E-state index contributed by atoms with van der Waals surface area (Å²) in [5, 5.41) is 7.43. The molecule has 0 saturated heterocycles. The Labute approximate surface area is 166 Å². The first-order valence-electron chi connectivity index (χ1n) is 9.05. The van der Waals surface area contributed by atoms with Gasteiger partial charge in [-0.1, -0.05) is 51.1 Å². The third-order valence-corrected chi connectivity index (χ3v) is 3.42. The van der Waals surface area contributed by atoms with E-state index < -0.39 is 23.8 Å². The zero-order valence-electron chi connectivity index (χ0n) is 16.2. The van der Waals surface area contributed by atoms with E-state index in [9.17, 15) is 19.2 Å². The van der Waals surface area contributed by atoms with Crippen LogP contribution in [0, 0.1) is 0 Å². The SMILES string of the molecule is CC.CCC(=O)CNC(=O)[C@H](Cc1ccccc1)NC(=O)CNC(=O)CN.[HH].[HH].[HH].[HH]. The van der Waals surface area contributed by atoms with E-state index in [0.717, 1.165) is 5.56 Å². The van der Waals surface area contributed by atoms with Crippen LogP contribution in [0.1, 0.15) is 38.5 Å². The van der Waals surface area contributed by atoms with Crippen molar-refractivity contribution in [2.45, 2.75) is 39.7 Å². The van der Waals surface area contributed by atoms with Gasteiger partial charge in [-0.2, -0.15) is 0 Å². The van der Waals surface area contributed by atoms with Crippen molar-refractivity contribution >= 4 is 23.5 Å². The molecular weight excluding hydrogens is 348 g/mol. The van der Waals surface area contributed by atoms with Crippen LogP contribution in [0.4, 0.5) is 0 Å². The number of hydrogen-bond donors (Lipinski definition) is 4. The van der Waals surface area contributed by atoms with Gasteiger partial charge in [0, 0.05) is 18.5 Å². The monoisotopic (exact) mass is 386 g/mol. The van der Waals surface area contributed by atoms with Crippen molar-refractivity contribution < 1.29 is 24.9 Å². The van der Waals surface area contributed by atoms with E-state index in [1.807, 2.05) is 44.2 Å². The predicted octanol–water partition coefficient (Wildman–Crippen LogP) is 0.894. The Hall–Kier alpha value is -2.74. The Morgan fingerprint density at radius 3 is 2.19 bits per heavy atom. The molecule has 3 amide bonds. The Bertz CT molecular complexity index is 622. The Balaban J connectivity index is -0.000000364. The van der Waals surface area contributed by atoms with Gasteiger partial charge in [-0.3, -0.25) is 19.2 Å². The molecule has 5 N–H and O–H groups in total. The molecule has 8 nitrogen and oxygen atoms in total. The van der Waals surface area contributed by atoms with Crippen molar-refractivity contribution in [1.29, 1.82) is 0 Å². The molecule has 1 atom stereocenters. The maximum absolute atomic E-state index is 12.3. The molecule has 8 heteroatoms. The molecule has 1 rings (SSSR count). The first kappa shape index (κ1) is 24.3. The zero-order chi connectivity index (χ0) is 20.7. The molecule has 0 fully saturated rings. The predicted molar refractivity (Wildman–Crippen MR) is 112 cm³/mol. The smallest absolute Gasteiger partial charge is 0.243 e. The van der Waals surface area contributed by atoms with Crippen molar-refractivity contribution in [1.82, 2.24) is 16.0 Å². The maximum Gasteiger partial charge on any atom is 0.243 e. The molecule has 27 heavy (non-hydrogen) atoms. The van der Waals surface area contributed by atoms with Gasteiger partial charge in [0.05, 0.1) is 19.6 Å². The molecule has 158 valence electrons. The lowest BCUT2D eigenvalue weighted by atomic mass is 10.1. The lowest BCUT2D eigenvalue weighted by Gasteiger charge is -2.18. The van der Waals surface area contributed by atoms with Crippen molar-refractivity contribution in [2.24, 2.45) is 5.73 Å². The standard InChI is InChI=1S/C17H24N4O4.C2H6.4H2/c1-2-13(22)10-20-17(25)14(8-12-6-4-3-5-7-12)21-16(24)11-19-15(23)9-18;1-2;;;;/h3-7,14H,2,8-11,18H2,1H3,(H,19,23)(H,20,25)(H,21,24);1-2H3;4*1H/t14-;;;;;/m0...../s1. The fourth-order valence-electron chi connectivity index (χ4n) is 1.99. The second-order valence-electron chi connectivity index (χ2n) is 5.40. The average Bonchev–Trinajstić information content (AvgIpc) is 2.71. The molecule has 0 aliphatic heterocycles. The normalized spacial score (nSPS) is 10.7. The number of nitrogens with one attached hydrogen (secondary N) is 3. The van der Waals surface area contributed by atoms with Crippen LogP contribution in [0.5, 0.6) is 0 Å². The molecule has 0 saturated carbocycles. The number of carbonyl (C=O) groups excluding carboxylic acids is 4. The van der Waals surface area contributed by atoms with Crippen LogP contribution in [0.25, 0.3) is 0 Å². The number of hydrogen-bond acceptors (Lipinski definition) is 5. The summed E-state index contributed by atoms with van der Waals surface area (Å²) in [6, 6.07) is 8.32. The molecule has 0 aliphatic carbocycles. The fraction of sp³-hybridized carbons (Fsp3) is 0.474. The maximum atomic E-state index is 12.3. The number of rotatable bonds is 10. The number of amides is 3. The number of carbonyl (C=O) groups is 4. The summed E-state index contributed by atoms with van der Waals surface area (Å²) in [6.07, 6.45) is 0.588. The van der Waals surface area contributed by atoms with Crippen molar-refractivity contribution in [3.05, 3.63) is 35.9 Å². The summed E-state index contributed by atoms with van der Waals surface area (Å²) in [5.74, 6) is -1.54. The lowest BCUT2D eigenvalue weighted by Crippen LogP contribution is -2.51. The summed E-state index contributed by atoms with van der Waals surface area (Å²) < 4.78 is 0. The van der Waals surface area contributed by atoms with E-state index in [1.165, 1.54) is 0 Å². The highest BCUT2D eigenvalue weighted by atomic mass is 16.2. The minimum atomic E-state index is -0.852.